The van der Waals surface area contributed by atoms with Crippen molar-refractivity contribution in [1.29, 1.82) is 0 Å². The molecule has 8 nitrogen and oxygen atoms in total. The van der Waals surface area contributed by atoms with Gasteiger partial charge < -0.3 is 9.26 Å². The topological polar surface area (TPSA) is 108 Å². The Balaban J connectivity index is 1.95. The number of halogens is 1. The second kappa shape index (κ2) is 8.72. The van der Waals surface area contributed by atoms with Gasteiger partial charge in [-0.05, 0) is 37.1 Å². The van der Waals surface area contributed by atoms with Crippen LogP contribution in [0, 0.1) is 24.0 Å². The number of hydrogen-bond acceptors (Lipinski definition) is 7. The van der Waals surface area contributed by atoms with Gasteiger partial charge in [-0.15, -0.1) is 0 Å². The van der Waals surface area contributed by atoms with Crippen molar-refractivity contribution in [3.05, 3.63) is 91.8 Å². The fourth-order valence-electron chi connectivity index (χ4n) is 4.55. The number of aryl methyl sites for hydroxylation is 2. The van der Waals surface area contributed by atoms with Gasteiger partial charge in [0.05, 0.1) is 18.0 Å². The molecule has 2 heterocycles. The number of hydrogen-bond donors (Lipinski definition) is 1. The highest BCUT2D eigenvalue weighted by Crippen LogP contribution is 2.52. The minimum atomic E-state index is -0.752. The molecule has 32 heavy (non-hydrogen) atoms. The number of ether oxygens (including phenoxy) is 1. The van der Waals surface area contributed by atoms with Crippen LogP contribution in [0.1, 0.15) is 46.0 Å². The molecule has 0 saturated carbocycles. The zero-order valence-corrected chi connectivity index (χ0v) is 18.5. The first kappa shape index (κ1) is 22.0. The average molecular weight is 456 g/mol. The maximum Gasteiger partial charge on any atom is 0.334 e. The fourth-order valence-corrected chi connectivity index (χ4v) is 4.67. The highest BCUT2D eigenvalue weighted by molar-refractivity contribution is 6.30. The van der Waals surface area contributed by atoms with Crippen LogP contribution in [0.2, 0.25) is 5.02 Å². The van der Waals surface area contributed by atoms with Crippen molar-refractivity contribution in [2.45, 2.75) is 37.8 Å². The van der Waals surface area contributed by atoms with Crippen molar-refractivity contribution in [2.75, 3.05) is 7.11 Å². The number of carbonyl (C=O) groups excluding carboxylic acids is 1. The van der Waals surface area contributed by atoms with Gasteiger partial charge in [0.15, 0.2) is 5.69 Å². The number of nitrogens with zero attached hydrogens (tertiary/aromatic N) is 2. The van der Waals surface area contributed by atoms with Crippen LogP contribution in [0.5, 0.6) is 0 Å². The van der Waals surface area contributed by atoms with Crippen molar-refractivity contribution in [3.8, 4) is 0 Å². The summed E-state index contributed by atoms with van der Waals surface area (Å²) in [5, 5.41) is 19.7. The number of rotatable bonds is 5. The third-order valence-electron chi connectivity index (χ3n) is 5.92. The first-order valence-electron chi connectivity index (χ1n) is 10.1. The predicted octanol–water partition coefficient (Wildman–Crippen LogP) is 4.61. The van der Waals surface area contributed by atoms with Gasteiger partial charge in [0, 0.05) is 17.0 Å². The molecule has 1 N–H and O–H groups in total. The maximum atomic E-state index is 12.8. The van der Waals surface area contributed by atoms with Gasteiger partial charge in [-0.1, -0.05) is 58.7 Å². The molecule has 9 heteroatoms. The lowest BCUT2D eigenvalue weighted by molar-refractivity contribution is -0.386. The second-order valence-corrected chi connectivity index (χ2v) is 8.34. The van der Waals surface area contributed by atoms with E-state index in [2.05, 4.69) is 10.5 Å². The normalized spacial score (nSPS) is 22.6. The summed E-state index contributed by atoms with van der Waals surface area (Å²) < 4.78 is 10.6. The van der Waals surface area contributed by atoms with Gasteiger partial charge in [-0.3, -0.25) is 20.2 Å². The molecule has 3 aromatic rings. The van der Waals surface area contributed by atoms with Gasteiger partial charge in [0.2, 0.25) is 5.76 Å². The summed E-state index contributed by atoms with van der Waals surface area (Å²) in [6.45, 7) is 3.48. The SMILES string of the molecule is COC(=O)[C@H]1N[C@@H](c2ccc(Cl)cc2)[C@@H](c2onc(C)c2[N+](=O)[O-])[C@@H]1c1cccc(C)c1. The first-order chi connectivity index (χ1) is 15.3. The summed E-state index contributed by atoms with van der Waals surface area (Å²) in [6.07, 6.45) is 0. The number of methoxy groups -OCH3 is 1. The Kier molecular flexibility index (Phi) is 5.99. The molecule has 1 aliphatic rings. The second-order valence-electron chi connectivity index (χ2n) is 7.90. The maximum absolute atomic E-state index is 12.8. The van der Waals surface area contributed by atoms with Crippen molar-refractivity contribution >= 4 is 23.3 Å². The van der Waals surface area contributed by atoms with Gasteiger partial charge in [-0.25, -0.2) is 0 Å². The lowest BCUT2D eigenvalue weighted by Crippen LogP contribution is -2.36. The third-order valence-corrected chi connectivity index (χ3v) is 6.17. The van der Waals surface area contributed by atoms with Crippen LogP contribution in [0.4, 0.5) is 5.69 Å². The van der Waals surface area contributed by atoms with Gasteiger partial charge in [-0.2, -0.15) is 0 Å². The molecule has 4 atom stereocenters. The molecule has 1 fully saturated rings. The molecule has 0 amide bonds. The molecular weight excluding hydrogens is 434 g/mol. The van der Waals surface area contributed by atoms with E-state index in [1.807, 2.05) is 43.3 Å². The molecule has 1 saturated heterocycles. The van der Waals surface area contributed by atoms with Crippen LogP contribution in [-0.2, 0) is 9.53 Å². The van der Waals surface area contributed by atoms with E-state index >= 15 is 0 Å². The number of aromatic nitrogens is 1. The minimum Gasteiger partial charge on any atom is -0.468 e. The van der Waals surface area contributed by atoms with E-state index in [4.69, 9.17) is 20.9 Å². The van der Waals surface area contributed by atoms with Crippen LogP contribution in [0.25, 0.3) is 0 Å². The molecule has 0 unspecified atom stereocenters. The lowest BCUT2D eigenvalue weighted by atomic mass is 9.78. The standard InChI is InChI=1S/C23H22ClN3O5/c1-12-5-4-6-15(11-12)17-18(22-21(27(29)30)13(2)26-32-22)19(25-20(17)23(28)31-3)14-7-9-16(24)10-8-14/h4-11,17-20,25H,1-3H3/t17-,18-,19-,20-/m0/s1. The molecule has 0 radical (unpaired) electrons. The number of carbonyl (C=O) groups is 1. The number of esters is 1. The van der Waals surface area contributed by atoms with Crippen LogP contribution in [0.3, 0.4) is 0 Å². The van der Waals surface area contributed by atoms with Crippen LogP contribution < -0.4 is 5.32 Å². The molecule has 1 aromatic heterocycles. The van der Waals surface area contributed by atoms with Gasteiger partial charge in [0.25, 0.3) is 0 Å². The average Bonchev–Trinajstić information content (AvgIpc) is 3.34. The van der Waals surface area contributed by atoms with Crippen LogP contribution in [-0.4, -0.2) is 29.2 Å². The molecule has 0 spiro atoms. The van der Waals surface area contributed by atoms with E-state index in [1.165, 1.54) is 14.0 Å². The Bertz CT molecular complexity index is 1160. The van der Waals surface area contributed by atoms with E-state index < -0.39 is 34.8 Å². The smallest absolute Gasteiger partial charge is 0.334 e. The highest BCUT2D eigenvalue weighted by atomic mass is 35.5. The summed E-state index contributed by atoms with van der Waals surface area (Å²) in [5.74, 6) is -1.42. The summed E-state index contributed by atoms with van der Waals surface area (Å²) in [4.78, 5) is 24.2. The highest BCUT2D eigenvalue weighted by Gasteiger charge is 2.53. The molecule has 1 aliphatic heterocycles. The Hall–Kier alpha value is -3.23. The van der Waals surface area contributed by atoms with Crippen LogP contribution in [0.15, 0.2) is 53.1 Å². The van der Waals surface area contributed by atoms with Gasteiger partial charge >= 0.3 is 11.7 Å². The third kappa shape index (κ3) is 3.87. The van der Waals surface area contributed by atoms with Crippen molar-refractivity contribution in [3.63, 3.8) is 0 Å². The molecule has 4 rings (SSSR count). The molecule has 0 aliphatic carbocycles. The Labute approximate surface area is 189 Å². The van der Waals surface area contributed by atoms with Crippen LogP contribution >= 0.6 is 11.6 Å². The van der Waals surface area contributed by atoms with Crippen molar-refractivity contribution in [2.24, 2.45) is 0 Å². The molecule has 166 valence electrons. The fraction of sp³-hybridized carbons (Fsp3) is 0.304. The number of nitrogens with one attached hydrogen (secondary N) is 1. The van der Waals surface area contributed by atoms with E-state index in [0.717, 1.165) is 16.7 Å². The minimum absolute atomic E-state index is 0.123. The molecular formula is C23H22ClN3O5. The predicted molar refractivity (Wildman–Crippen MR) is 118 cm³/mol. The van der Waals surface area contributed by atoms with Crippen molar-refractivity contribution < 1.29 is 19.0 Å². The Morgan fingerprint density at radius 3 is 2.50 bits per heavy atom. The van der Waals surface area contributed by atoms with E-state index in [1.54, 1.807) is 12.1 Å². The van der Waals surface area contributed by atoms with Gasteiger partial charge in [0.1, 0.15) is 6.04 Å². The molecule has 2 aromatic carbocycles. The number of nitro groups is 1. The monoisotopic (exact) mass is 455 g/mol. The summed E-state index contributed by atoms with van der Waals surface area (Å²) in [7, 11) is 1.32. The van der Waals surface area contributed by atoms with E-state index in [-0.39, 0.29) is 17.1 Å². The Morgan fingerprint density at radius 2 is 1.88 bits per heavy atom. The summed E-state index contributed by atoms with van der Waals surface area (Å²) >= 11 is 6.07. The van der Waals surface area contributed by atoms with E-state index in [0.29, 0.717) is 5.02 Å². The Morgan fingerprint density at radius 1 is 1.16 bits per heavy atom. The summed E-state index contributed by atoms with van der Waals surface area (Å²) in [6, 6.07) is 13.6. The van der Waals surface area contributed by atoms with Crippen molar-refractivity contribution in [1.82, 2.24) is 10.5 Å². The zero-order valence-electron chi connectivity index (χ0n) is 17.7. The quantitative estimate of drug-likeness (QED) is 0.340. The largest absolute Gasteiger partial charge is 0.468 e. The lowest BCUT2D eigenvalue weighted by Gasteiger charge is -2.23. The van der Waals surface area contributed by atoms with E-state index in [9.17, 15) is 14.9 Å². The molecule has 0 bridgehead atoms. The first-order valence-corrected chi connectivity index (χ1v) is 10.5. The number of benzene rings is 2. The summed E-state index contributed by atoms with van der Waals surface area (Å²) in [5.41, 5.74) is 2.66. The zero-order chi connectivity index (χ0) is 23.0.